The second kappa shape index (κ2) is 13.6. The van der Waals surface area contributed by atoms with Gasteiger partial charge in [-0.05, 0) is 36.0 Å². The minimum Gasteiger partial charge on any atom is -0.0891 e. The van der Waals surface area contributed by atoms with Crippen LogP contribution in [0.3, 0.4) is 0 Å². The maximum Gasteiger partial charge on any atom is 0.0451 e. The third kappa shape index (κ3) is 6.82. The maximum absolute atomic E-state index is 3.96. The van der Waals surface area contributed by atoms with E-state index in [0.29, 0.717) is 4.83 Å². The largest absolute Gasteiger partial charge is 0.0891 e. The molecule has 0 saturated carbocycles. The molecule has 0 N–H and O–H groups in total. The van der Waals surface area contributed by atoms with Crippen molar-refractivity contribution in [3.05, 3.63) is 108 Å². The molecule has 0 aliphatic carbocycles. The van der Waals surface area contributed by atoms with Crippen LogP contribution in [0.1, 0.15) is 87.8 Å². The highest BCUT2D eigenvalue weighted by Gasteiger charge is 2.35. The average molecular weight is 492 g/mol. The van der Waals surface area contributed by atoms with Crippen molar-refractivity contribution in [2.24, 2.45) is 0 Å². The third-order valence-corrected chi connectivity index (χ3v) is 7.66. The number of hydrogen-bond acceptors (Lipinski definition) is 0. The number of unbranched alkanes of at least 4 members (excludes halogenated alkanes) is 5. The number of benzene rings is 3. The van der Waals surface area contributed by atoms with Crippen LogP contribution < -0.4 is 0 Å². The number of alkyl halides is 1. The molecule has 3 aromatic carbocycles. The predicted octanol–water partition coefficient (Wildman–Crippen LogP) is 9.71. The van der Waals surface area contributed by atoms with Crippen molar-refractivity contribution in [1.82, 2.24) is 0 Å². The lowest BCUT2D eigenvalue weighted by Crippen LogP contribution is -2.29. The van der Waals surface area contributed by atoms with Gasteiger partial charge in [-0.1, -0.05) is 159 Å². The Labute approximate surface area is 204 Å². The fraction of sp³-hybridized carbons (Fsp3) is 0.419. The lowest BCUT2D eigenvalue weighted by molar-refractivity contribution is 0.498. The first kappa shape index (κ1) is 24.8. The van der Waals surface area contributed by atoms with E-state index in [-0.39, 0.29) is 5.41 Å². The van der Waals surface area contributed by atoms with E-state index in [9.17, 15) is 0 Å². The summed E-state index contributed by atoms with van der Waals surface area (Å²) >= 11 is 3.96. The standard InChI is InChI=1S/C31H39Br/c1-2-3-4-5-15-24-30(32)25-16-17-26-31(27-18-9-6-10-19-27,28-20-11-7-12-21-28)29-22-13-8-14-23-29/h6-14,18-23,30H,2-5,15-17,24-26H2,1H3. The SMILES string of the molecule is CCCCCCCC(Br)CCCCC(c1ccccc1)(c1ccccc1)c1ccccc1. The summed E-state index contributed by atoms with van der Waals surface area (Å²) in [7, 11) is 0. The lowest BCUT2D eigenvalue weighted by atomic mass is 9.66. The van der Waals surface area contributed by atoms with Crippen LogP contribution in [0.2, 0.25) is 0 Å². The minimum atomic E-state index is -0.105. The Morgan fingerprint density at radius 2 is 0.969 bits per heavy atom. The number of hydrogen-bond donors (Lipinski definition) is 0. The molecule has 0 bridgehead atoms. The molecule has 3 rings (SSSR count). The van der Waals surface area contributed by atoms with Gasteiger partial charge in [-0.2, -0.15) is 0 Å². The van der Waals surface area contributed by atoms with Crippen LogP contribution in [-0.2, 0) is 5.41 Å². The molecule has 0 aromatic heterocycles. The summed E-state index contributed by atoms with van der Waals surface area (Å²) < 4.78 is 0. The maximum atomic E-state index is 3.96. The van der Waals surface area contributed by atoms with Crippen LogP contribution in [0.25, 0.3) is 0 Å². The minimum absolute atomic E-state index is 0.105. The van der Waals surface area contributed by atoms with E-state index < -0.39 is 0 Å². The van der Waals surface area contributed by atoms with Crippen LogP contribution in [0.15, 0.2) is 91.0 Å². The van der Waals surface area contributed by atoms with Gasteiger partial charge in [0, 0.05) is 10.2 Å². The van der Waals surface area contributed by atoms with Gasteiger partial charge in [0.05, 0.1) is 0 Å². The summed E-state index contributed by atoms with van der Waals surface area (Å²) in [4.78, 5) is 0.656. The van der Waals surface area contributed by atoms with E-state index in [0.717, 1.165) is 6.42 Å². The summed E-state index contributed by atoms with van der Waals surface area (Å²) in [5.74, 6) is 0. The molecule has 0 amide bonds. The van der Waals surface area contributed by atoms with Gasteiger partial charge in [0.25, 0.3) is 0 Å². The van der Waals surface area contributed by atoms with E-state index in [1.807, 2.05) is 0 Å². The second-order valence-corrected chi connectivity index (χ2v) is 10.3. The molecule has 1 atom stereocenters. The molecular formula is C31H39Br. The van der Waals surface area contributed by atoms with Crippen LogP contribution in [-0.4, -0.2) is 4.83 Å². The molecule has 0 fully saturated rings. The molecule has 0 saturated heterocycles. The zero-order chi connectivity index (χ0) is 22.5. The van der Waals surface area contributed by atoms with Crippen LogP contribution in [0, 0.1) is 0 Å². The predicted molar refractivity (Wildman–Crippen MR) is 144 cm³/mol. The fourth-order valence-electron chi connectivity index (χ4n) is 4.97. The topological polar surface area (TPSA) is 0 Å². The summed E-state index contributed by atoms with van der Waals surface area (Å²) in [6, 6.07) is 33.3. The van der Waals surface area contributed by atoms with E-state index >= 15 is 0 Å². The van der Waals surface area contributed by atoms with Crippen LogP contribution in [0.4, 0.5) is 0 Å². The van der Waals surface area contributed by atoms with E-state index in [1.165, 1.54) is 74.5 Å². The average Bonchev–Trinajstić information content (AvgIpc) is 2.86. The Kier molecular flexibility index (Phi) is 10.6. The second-order valence-electron chi connectivity index (χ2n) is 9.05. The lowest BCUT2D eigenvalue weighted by Gasteiger charge is -2.36. The molecule has 0 aliphatic heterocycles. The summed E-state index contributed by atoms with van der Waals surface area (Å²) in [6.45, 7) is 2.29. The molecule has 0 spiro atoms. The van der Waals surface area contributed by atoms with Crippen molar-refractivity contribution in [3.63, 3.8) is 0 Å². The van der Waals surface area contributed by atoms with Gasteiger partial charge in [0.15, 0.2) is 0 Å². The molecular weight excluding hydrogens is 452 g/mol. The molecule has 0 radical (unpaired) electrons. The van der Waals surface area contributed by atoms with Crippen molar-refractivity contribution in [3.8, 4) is 0 Å². The van der Waals surface area contributed by atoms with Crippen LogP contribution >= 0.6 is 15.9 Å². The van der Waals surface area contributed by atoms with Gasteiger partial charge in [0.1, 0.15) is 0 Å². The summed E-state index contributed by atoms with van der Waals surface area (Å²) in [6.07, 6.45) is 13.0. The summed E-state index contributed by atoms with van der Waals surface area (Å²) in [5, 5.41) is 0. The van der Waals surface area contributed by atoms with Gasteiger partial charge < -0.3 is 0 Å². The van der Waals surface area contributed by atoms with Gasteiger partial charge in [-0.15, -0.1) is 0 Å². The van der Waals surface area contributed by atoms with Gasteiger partial charge in [-0.25, -0.2) is 0 Å². The molecule has 0 nitrogen and oxygen atoms in total. The Hall–Kier alpha value is -1.86. The Morgan fingerprint density at radius 1 is 0.562 bits per heavy atom. The van der Waals surface area contributed by atoms with Crippen molar-refractivity contribution >= 4 is 15.9 Å². The zero-order valence-corrected chi connectivity index (χ0v) is 21.3. The molecule has 3 aromatic rings. The van der Waals surface area contributed by atoms with E-state index in [1.54, 1.807) is 0 Å². The van der Waals surface area contributed by atoms with Gasteiger partial charge >= 0.3 is 0 Å². The van der Waals surface area contributed by atoms with E-state index in [4.69, 9.17) is 0 Å². The molecule has 0 aliphatic rings. The highest BCUT2D eigenvalue weighted by molar-refractivity contribution is 9.09. The van der Waals surface area contributed by atoms with Gasteiger partial charge in [0.2, 0.25) is 0 Å². The molecule has 1 heteroatoms. The van der Waals surface area contributed by atoms with Crippen molar-refractivity contribution in [1.29, 1.82) is 0 Å². The zero-order valence-electron chi connectivity index (χ0n) is 19.7. The quantitative estimate of drug-likeness (QED) is 0.120. The molecule has 32 heavy (non-hydrogen) atoms. The monoisotopic (exact) mass is 490 g/mol. The highest BCUT2D eigenvalue weighted by Crippen LogP contribution is 2.43. The number of rotatable bonds is 14. The first-order valence-electron chi connectivity index (χ1n) is 12.6. The first-order valence-corrected chi connectivity index (χ1v) is 13.5. The number of halogens is 1. The Balaban J connectivity index is 1.73. The van der Waals surface area contributed by atoms with E-state index in [2.05, 4.69) is 114 Å². The first-order chi connectivity index (χ1) is 15.8. The van der Waals surface area contributed by atoms with Gasteiger partial charge in [-0.3, -0.25) is 0 Å². The normalized spacial score (nSPS) is 12.6. The van der Waals surface area contributed by atoms with Crippen molar-refractivity contribution in [2.75, 3.05) is 0 Å². The Bertz CT molecular complexity index is 760. The Morgan fingerprint density at radius 3 is 1.41 bits per heavy atom. The third-order valence-electron chi connectivity index (χ3n) is 6.74. The van der Waals surface area contributed by atoms with Crippen molar-refractivity contribution in [2.45, 2.75) is 81.4 Å². The molecule has 170 valence electrons. The van der Waals surface area contributed by atoms with Crippen LogP contribution in [0.5, 0.6) is 0 Å². The molecule has 1 unspecified atom stereocenters. The van der Waals surface area contributed by atoms with Crippen molar-refractivity contribution < 1.29 is 0 Å². The fourth-order valence-corrected chi connectivity index (χ4v) is 5.62. The summed E-state index contributed by atoms with van der Waals surface area (Å²) in [5.41, 5.74) is 4.07. The highest BCUT2D eigenvalue weighted by atomic mass is 79.9. The molecule has 0 heterocycles. The smallest absolute Gasteiger partial charge is 0.0451 e.